The van der Waals surface area contributed by atoms with Gasteiger partial charge in [-0.3, -0.25) is 9.59 Å². The van der Waals surface area contributed by atoms with Crippen LogP contribution in [0.4, 0.5) is 0 Å². The SMILES string of the molecule is CCCN(C(=O)c1ccc(=O)n(C)n1)C1CCS(=O)(=O)C1. The van der Waals surface area contributed by atoms with E-state index in [0.29, 0.717) is 13.0 Å². The maximum atomic E-state index is 12.5. The highest BCUT2D eigenvalue weighted by Gasteiger charge is 2.35. The Morgan fingerprint density at radius 3 is 2.71 bits per heavy atom. The number of amides is 1. The third kappa shape index (κ3) is 3.49. The number of sulfone groups is 1. The van der Waals surface area contributed by atoms with Gasteiger partial charge in [-0.1, -0.05) is 6.92 Å². The van der Waals surface area contributed by atoms with Crippen LogP contribution in [0.15, 0.2) is 16.9 Å². The second-order valence-corrected chi connectivity index (χ2v) is 7.46. The predicted octanol–water partition coefficient (Wildman–Crippen LogP) is -0.180. The lowest BCUT2D eigenvalue weighted by Gasteiger charge is -2.27. The van der Waals surface area contributed by atoms with Crippen LogP contribution in [0.2, 0.25) is 0 Å². The molecule has 0 aromatic carbocycles. The van der Waals surface area contributed by atoms with E-state index in [1.54, 1.807) is 4.90 Å². The molecule has 1 saturated heterocycles. The van der Waals surface area contributed by atoms with E-state index >= 15 is 0 Å². The predicted molar refractivity (Wildman–Crippen MR) is 77.9 cm³/mol. The van der Waals surface area contributed by atoms with E-state index in [-0.39, 0.29) is 34.7 Å². The van der Waals surface area contributed by atoms with Gasteiger partial charge in [0.25, 0.3) is 11.5 Å². The molecule has 1 aliphatic heterocycles. The third-order valence-corrected chi connectivity index (χ3v) is 5.30. The number of rotatable bonds is 4. The lowest BCUT2D eigenvalue weighted by Crippen LogP contribution is -2.42. The van der Waals surface area contributed by atoms with Crippen LogP contribution in [-0.2, 0) is 16.9 Å². The molecule has 0 aliphatic carbocycles. The molecule has 0 N–H and O–H groups in total. The maximum Gasteiger partial charge on any atom is 0.274 e. The lowest BCUT2D eigenvalue weighted by atomic mass is 10.2. The van der Waals surface area contributed by atoms with Gasteiger partial charge in [-0.15, -0.1) is 0 Å². The van der Waals surface area contributed by atoms with Crippen molar-refractivity contribution in [2.45, 2.75) is 25.8 Å². The fourth-order valence-electron chi connectivity index (χ4n) is 2.48. The summed E-state index contributed by atoms with van der Waals surface area (Å²) in [6, 6.07) is 2.37. The molecule has 1 atom stereocenters. The monoisotopic (exact) mass is 313 g/mol. The van der Waals surface area contributed by atoms with Crippen molar-refractivity contribution in [1.29, 1.82) is 0 Å². The standard InChI is InChI=1S/C13H19N3O4S/c1-3-7-16(10-6-8-21(19,20)9-10)13(18)11-4-5-12(17)15(2)14-11/h4-5,10H,3,6-9H2,1-2H3. The minimum Gasteiger partial charge on any atom is -0.333 e. The Labute approximate surface area is 123 Å². The van der Waals surface area contributed by atoms with Crippen LogP contribution in [0.1, 0.15) is 30.3 Å². The van der Waals surface area contributed by atoms with E-state index in [0.717, 1.165) is 11.1 Å². The molecular formula is C13H19N3O4S. The van der Waals surface area contributed by atoms with Crippen molar-refractivity contribution < 1.29 is 13.2 Å². The molecular weight excluding hydrogens is 294 g/mol. The van der Waals surface area contributed by atoms with Gasteiger partial charge in [0.05, 0.1) is 11.5 Å². The van der Waals surface area contributed by atoms with Gasteiger partial charge >= 0.3 is 0 Å². The highest BCUT2D eigenvalue weighted by atomic mass is 32.2. The zero-order chi connectivity index (χ0) is 15.6. The summed E-state index contributed by atoms with van der Waals surface area (Å²) in [6.45, 7) is 2.40. The van der Waals surface area contributed by atoms with Gasteiger partial charge in [0.1, 0.15) is 5.69 Å². The molecule has 1 aromatic heterocycles. The molecule has 1 aromatic rings. The fourth-order valence-corrected chi connectivity index (χ4v) is 4.21. The second kappa shape index (κ2) is 5.97. The number of aromatic nitrogens is 2. The largest absolute Gasteiger partial charge is 0.333 e. The van der Waals surface area contributed by atoms with Gasteiger partial charge in [-0.2, -0.15) is 5.10 Å². The van der Waals surface area contributed by atoms with Crippen LogP contribution < -0.4 is 5.56 Å². The maximum absolute atomic E-state index is 12.5. The lowest BCUT2D eigenvalue weighted by molar-refractivity contribution is 0.0688. The number of hydrogen-bond acceptors (Lipinski definition) is 5. The first-order chi connectivity index (χ1) is 9.84. The highest BCUT2D eigenvalue weighted by molar-refractivity contribution is 7.91. The minimum absolute atomic E-state index is 0.00447. The Kier molecular flexibility index (Phi) is 4.46. The minimum atomic E-state index is -3.06. The molecule has 7 nitrogen and oxygen atoms in total. The van der Waals surface area contributed by atoms with Crippen molar-refractivity contribution in [3.8, 4) is 0 Å². The van der Waals surface area contributed by atoms with Gasteiger partial charge < -0.3 is 4.90 Å². The molecule has 0 bridgehead atoms. The first-order valence-corrected chi connectivity index (χ1v) is 8.72. The van der Waals surface area contributed by atoms with E-state index in [9.17, 15) is 18.0 Å². The van der Waals surface area contributed by atoms with Crippen LogP contribution in [0.5, 0.6) is 0 Å². The fraction of sp³-hybridized carbons (Fsp3) is 0.615. The van der Waals surface area contributed by atoms with Crippen LogP contribution in [0, 0.1) is 0 Å². The van der Waals surface area contributed by atoms with Gasteiger partial charge in [-0.25, -0.2) is 13.1 Å². The van der Waals surface area contributed by atoms with Crippen molar-refractivity contribution in [2.75, 3.05) is 18.1 Å². The average Bonchev–Trinajstić information content (AvgIpc) is 2.78. The smallest absolute Gasteiger partial charge is 0.274 e. The summed E-state index contributed by atoms with van der Waals surface area (Å²) >= 11 is 0. The molecule has 116 valence electrons. The Morgan fingerprint density at radius 1 is 1.48 bits per heavy atom. The van der Waals surface area contributed by atoms with E-state index < -0.39 is 9.84 Å². The molecule has 1 aliphatic rings. The molecule has 0 radical (unpaired) electrons. The Balaban J connectivity index is 2.27. The zero-order valence-corrected chi connectivity index (χ0v) is 13.0. The normalized spacial score (nSPS) is 20.4. The first-order valence-electron chi connectivity index (χ1n) is 6.90. The van der Waals surface area contributed by atoms with Crippen LogP contribution in [-0.4, -0.2) is 53.1 Å². The first kappa shape index (κ1) is 15.7. The van der Waals surface area contributed by atoms with Crippen molar-refractivity contribution >= 4 is 15.7 Å². The third-order valence-electron chi connectivity index (χ3n) is 3.55. The van der Waals surface area contributed by atoms with Gasteiger partial charge in [0, 0.05) is 25.7 Å². The summed E-state index contributed by atoms with van der Waals surface area (Å²) in [6.07, 6.45) is 1.19. The highest BCUT2D eigenvalue weighted by Crippen LogP contribution is 2.19. The second-order valence-electron chi connectivity index (χ2n) is 5.24. The van der Waals surface area contributed by atoms with E-state index in [1.807, 2.05) is 6.92 Å². The van der Waals surface area contributed by atoms with E-state index in [2.05, 4.69) is 5.10 Å². The molecule has 1 amide bonds. The molecule has 2 heterocycles. The number of nitrogens with zero attached hydrogens (tertiary/aromatic N) is 3. The summed E-state index contributed by atoms with van der Waals surface area (Å²) in [4.78, 5) is 25.4. The van der Waals surface area contributed by atoms with Crippen LogP contribution in [0.25, 0.3) is 0 Å². The molecule has 2 rings (SSSR count). The number of aryl methyl sites for hydroxylation is 1. The van der Waals surface area contributed by atoms with Gasteiger partial charge in [0.2, 0.25) is 0 Å². The summed E-state index contributed by atoms with van der Waals surface area (Å²) in [5.41, 5.74) is -0.133. The molecule has 8 heteroatoms. The summed E-state index contributed by atoms with van der Waals surface area (Å²) in [5.74, 6) is -0.203. The van der Waals surface area contributed by atoms with Crippen molar-refractivity contribution in [2.24, 2.45) is 7.05 Å². The molecule has 0 saturated carbocycles. The summed E-state index contributed by atoms with van der Waals surface area (Å²) < 4.78 is 24.3. The van der Waals surface area contributed by atoms with Gasteiger partial charge in [-0.05, 0) is 18.9 Å². The van der Waals surface area contributed by atoms with E-state index in [4.69, 9.17) is 0 Å². The topological polar surface area (TPSA) is 89.3 Å². The number of carbonyl (C=O) groups is 1. The number of carbonyl (C=O) groups excluding carboxylic acids is 1. The van der Waals surface area contributed by atoms with Crippen molar-refractivity contribution in [3.05, 3.63) is 28.2 Å². The Hall–Kier alpha value is -1.70. The zero-order valence-electron chi connectivity index (χ0n) is 12.2. The van der Waals surface area contributed by atoms with Crippen LogP contribution in [0.3, 0.4) is 0 Å². The van der Waals surface area contributed by atoms with Crippen LogP contribution >= 0.6 is 0 Å². The summed E-state index contributed by atoms with van der Waals surface area (Å²) in [7, 11) is -1.58. The molecule has 0 spiro atoms. The average molecular weight is 313 g/mol. The summed E-state index contributed by atoms with van der Waals surface area (Å²) in [5, 5.41) is 3.95. The van der Waals surface area contributed by atoms with E-state index in [1.165, 1.54) is 19.2 Å². The van der Waals surface area contributed by atoms with Crippen molar-refractivity contribution in [3.63, 3.8) is 0 Å². The van der Waals surface area contributed by atoms with Crippen molar-refractivity contribution in [1.82, 2.24) is 14.7 Å². The Morgan fingerprint density at radius 2 is 2.19 bits per heavy atom. The van der Waals surface area contributed by atoms with Gasteiger partial charge in [0.15, 0.2) is 9.84 Å². The quantitative estimate of drug-likeness (QED) is 0.769. The Bertz CT molecular complexity index is 696. The molecule has 1 unspecified atom stereocenters. The molecule has 21 heavy (non-hydrogen) atoms. The number of hydrogen-bond donors (Lipinski definition) is 0. The molecule has 1 fully saturated rings.